The fourth-order valence-corrected chi connectivity index (χ4v) is 6.54. The molecule has 37 heavy (non-hydrogen) atoms. The van der Waals surface area contributed by atoms with Crippen molar-refractivity contribution in [2.75, 3.05) is 6.16 Å². The van der Waals surface area contributed by atoms with E-state index in [1.165, 1.54) is 0 Å². The first-order chi connectivity index (χ1) is 17.5. The minimum absolute atomic E-state index is 0.0156. The fourth-order valence-electron chi connectivity index (χ4n) is 4.06. The predicted octanol–water partition coefficient (Wildman–Crippen LogP) is 6.84. The van der Waals surface area contributed by atoms with Gasteiger partial charge in [-0.15, -0.1) is 0 Å². The van der Waals surface area contributed by atoms with Crippen LogP contribution in [0.1, 0.15) is 27.9 Å². The number of nitrogens with one attached hydrogen (secondary N) is 1. The average molecular weight is 533 g/mol. The number of rotatable bonds is 7. The Kier molecular flexibility index (Phi) is 7.88. The Hall–Kier alpha value is -3.38. The molecule has 0 aliphatic heterocycles. The van der Waals surface area contributed by atoms with Crippen LogP contribution in [-0.4, -0.2) is 18.1 Å². The highest BCUT2D eigenvalue weighted by Crippen LogP contribution is 2.38. The molecule has 0 fully saturated rings. The molecule has 0 radical (unpaired) electrons. The van der Waals surface area contributed by atoms with Crippen LogP contribution >= 0.6 is 7.92 Å². The van der Waals surface area contributed by atoms with Crippen molar-refractivity contribution in [1.82, 2.24) is 5.32 Å². The number of benzene rings is 3. The van der Waals surface area contributed by atoms with E-state index in [2.05, 4.69) is 5.32 Å². The van der Waals surface area contributed by atoms with Crippen LogP contribution in [0.25, 0.3) is 0 Å². The molecule has 9 heteroatoms. The molecular weight excluding hydrogens is 511 g/mol. The Morgan fingerprint density at radius 3 is 1.76 bits per heavy atom. The number of halogens is 6. The number of alkyl halides is 6. The second-order valence-electron chi connectivity index (χ2n) is 8.48. The van der Waals surface area contributed by atoms with Crippen LogP contribution in [0.15, 0.2) is 103 Å². The van der Waals surface area contributed by atoms with Gasteiger partial charge in [0.15, 0.2) is 0 Å². The van der Waals surface area contributed by atoms with E-state index in [1.54, 1.807) is 0 Å². The molecule has 3 aromatic rings. The van der Waals surface area contributed by atoms with E-state index in [4.69, 9.17) is 0 Å². The molecular formula is C28H22F6NOP. The van der Waals surface area contributed by atoms with Gasteiger partial charge in [-0.05, 0) is 54.9 Å². The van der Waals surface area contributed by atoms with Crippen LogP contribution in [0, 0.1) is 0 Å². The molecule has 0 saturated carbocycles. The van der Waals surface area contributed by atoms with Crippen molar-refractivity contribution in [3.8, 4) is 0 Å². The molecule has 1 N–H and O–H groups in total. The second kappa shape index (κ2) is 10.9. The summed E-state index contributed by atoms with van der Waals surface area (Å²) >= 11 is 0. The molecule has 4 rings (SSSR count). The fraction of sp³-hybridized carbons (Fsp3) is 0.179. The largest absolute Gasteiger partial charge is 0.416 e. The normalized spacial score (nSPS) is 14.5. The van der Waals surface area contributed by atoms with Gasteiger partial charge in [0.05, 0.1) is 17.2 Å². The maximum Gasteiger partial charge on any atom is 0.416 e. The Balaban J connectivity index is 1.69. The van der Waals surface area contributed by atoms with Crippen molar-refractivity contribution in [2.24, 2.45) is 0 Å². The van der Waals surface area contributed by atoms with Gasteiger partial charge in [0.1, 0.15) is 0 Å². The third-order valence-corrected chi connectivity index (χ3v) is 8.48. The van der Waals surface area contributed by atoms with E-state index in [0.29, 0.717) is 24.7 Å². The second-order valence-corrected chi connectivity index (χ2v) is 10.7. The van der Waals surface area contributed by atoms with Gasteiger partial charge in [0, 0.05) is 5.56 Å². The average Bonchev–Trinajstić information content (AvgIpc) is 3.41. The van der Waals surface area contributed by atoms with Crippen molar-refractivity contribution in [2.45, 2.75) is 24.8 Å². The van der Waals surface area contributed by atoms with Gasteiger partial charge in [-0.25, -0.2) is 0 Å². The number of carbonyl (C=O) groups is 1. The summed E-state index contributed by atoms with van der Waals surface area (Å²) in [4.78, 5) is 13.1. The quantitative estimate of drug-likeness (QED) is 0.262. The van der Waals surface area contributed by atoms with Crippen molar-refractivity contribution in [1.29, 1.82) is 0 Å². The Morgan fingerprint density at radius 1 is 0.811 bits per heavy atom. The van der Waals surface area contributed by atoms with Crippen LogP contribution in [0.2, 0.25) is 0 Å². The van der Waals surface area contributed by atoms with E-state index in [0.717, 1.165) is 16.2 Å². The van der Waals surface area contributed by atoms with Gasteiger partial charge in [0.2, 0.25) is 0 Å². The molecule has 2 nitrogen and oxygen atoms in total. The molecule has 1 unspecified atom stereocenters. The van der Waals surface area contributed by atoms with Crippen molar-refractivity contribution in [3.63, 3.8) is 0 Å². The van der Waals surface area contributed by atoms with E-state index in [-0.39, 0.29) is 6.07 Å². The highest BCUT2D eigenvalue weighted by atomic mass is 31.1. The molecule has 0 heterocycles. The van der Waals surface area contributed by atoms with Crippen LogP contribution < -0.4 is 15.9 Å². The van der Waals surface area contributed by atoms with E-state index < -0.39 is 48.9 Å². The first kappa shape index (κ1) is 26.7. The summed E-state index contributed by atoms with van der Waals surface area (Å²) in [6, 6.07) is 19.6. The summed E-state index contributed by atoms with van der Waals surface area (Å²) in [5.41, 5.74) is -2.92. The van der Waals surface area contributed by atoms with Crippen LogP contribution in [-0.2, 0) is 12.4 Å². The molecule has 0 saturated heterocycles. The molecule has 0 aromatic heterocycles. The number of carbonyl (C=O) groups excluding carboxylic acids is 1. The Morgan fingerprint density at radius 2 is 1.32 bits per heavy atom. The minimum atomic E-state index is -5.04. The summed E-state index contributed by atoms with van der Waals surface area (Å²) < 4.78 is 80.0. The van der Waals surface area contributed by atoms with Gasteiger partial charge in [0.25, 0.3) is 5.91 Å². The maximum absolute atomic E-state index is 13.3. The lowest BCUT2D eigenvalue weighted by Crippen LogP contribution is -2.40. The third kappa shape index (κ3) is 6.69. The summed E-state index contributed by atoms with van der Waals surface area (Å²) in [7, 11) is -0.999. The highest BCUT2D eigenvalue weighted by Gasteiger charge is 2.38. The molecule has 1 aliphatic rings. The van der Waals surface area contributed by atoms with Crippen molar-refractivity contribution < 1.29 is 31.1 Å². The molecule has 1 aliphatic carbocycles. The number of amides is 1. The number of allylic oxidation sites excluding steroid dienone is 3. The lowest BCUT2D eigenvalue weighted by molar-refractivity contribution is -0.143. The SMILES string of the molecule is O=C(NC(CP(c1ccccc1)c1ccccc1)C1=CC=CC1)c1cc(C(F)(F)F)cc(C(F)(F)F)c1. The van der Waals surface area contributed by atoms with Gasteiger partial charge in [-0.3, -0.25) is 4.79 Å². The standard InChI is InChI=1S/C28H22F6NOP/c29-27(30,31)21-15-20(16-22(17-21)28(32,33)34)26(36)35-25(19-9-7-8-10-19)18-37(23-11-3-1-4-12-23)24-13-5-2-6-14-24/h1-9,11-17,25H,10,18H2,(H,35,36). The topological polar surface area (TPSA) is 29.1 Å². The van der Waals surface area contributed by atoms with E-state index in [9.17, 15) is 31.1 Å². The Bertz CT molecular complexity index is 1230. The molecule has 192 valence electrons. The molecule has 1 atom stereocenters. The van der Waals surface area contributed by atoms with Gasteiger partial charge >= 0.3 is 12.4 Å². The summed E-state index contributed by atoms with van der Waals surface area (Å²) in [6.07, 6.45) is -3.61. The zero-order valence-electron chi connectivity index (χ0n) is 19.4. The minimum Gasteiger partial charge on any atom is -0.345 e. The van der Waals surface area contributed by atoms with Crippen LogP contribution in [0.3, 0.4) is 0 Å². The van der Waals surface area contributed by atoms with E-state index in [1.807, 2.05) is 78.9 Å². The van der Waals surface area contributed by atoms with Crippen LogP contribution in [0.4, 0.5) is 26.3 Å². The Labute approximate surface area is 211 Å². The van der Waals surface area contributed by atoms with Gasteiger partial charge in [-0.2, -0.15) is 26.3 Å². The first-order valence-electron chi connectivity index (χ1n) is 11.4. The number of hydrogen-bond donors (Lipinski definition) is 1. The summed E-state index contributed by atoms with van der Waals surface area (Å²) in [5, 5.41) is 4.81. The number of hydrogen-bond acceptors (Lipinski definition) is 1. The van der Waals surface area contributed by atoms with Gasteiger partial charge < -0.3 is 5.32 Å². The van der Waals surface area contributed by atoms with Crippen molar-refractivity contribution >= 4 is 24.4 Å². The predicted molar refractivity (Wildman–Crippen MR) is 133 cm³/mol. The monoisotopic (exact) mass is 533 g/mol. The maximum atomic E-state index is 13.3. The molecule has 0 spiro atoms. The molecule has 1 amide bonds. The first-order valence-corrected chi connectivity index (χ1v) is 12.9. The third-order valence-electron chi connectivity index (χ3n) is 5.90. The lowest BCUT2D eigenvalue weighted by atomic mass is 10.0. The lowest BCUT2D eigenvalue weighted by Gasteiger charge is -2.27. The molecule has 3 aromatic carbocycles. The molecule has 0 bridgehead atoms. The summed E-state index contributed by atoms with van der Waals surface area (Å²) in [5.74, 6) is -0.995. The zero-order valence-corrected chi connectivity index (χ0v) is 20.2. The van der Waals surface area contributed by atoms with E-state index >= 15 is 0 Å². The summed E-state index contributed by atoms with van der Waals surface area (Å²) in [6.45, 7) is 0. The zero-order chi connectivity index (χ0) is 26.6. The van der Waals surface area contributed by atoms with Crippen molar-refractivity contribution in [3.05, 3.63) is 119 Å². The smallest absolute Gasteiger partial charge is 0.345 e. The van der Waals surface area contributed by atoms with Crippen LogP contribution in [0.5, 0.6) is 0 Å². The highest BCUT2D eigenvalue weighted by molar-refractivity contribution is 7.73. The van der Waals surface area contributed by atoms with Gasteiger partial charge in [-0.1, -0.05) is 78.9 Å².